The molecular weight excluding hydrogens is 248 g/mol. The minimum absolute atomic E-state index is 0.664. The van der Waals surface area contributed by atoms with Crippen LogP contribution in [0, 0.1) is 0 Å². The van der Waals surface area contributed by atoms with Crippen molar-refractivity contribution in [1.82, 2.24) is 4.98 Å². The highest BCUT2D eigenvalue weighted by atomic mass is 79.9. The van der Waals surface area contributed by atoms with Crippen molar-refractivity contribution in [2.24, 2.45) is 5.73 Å². The third-order valence-electron chi connectivity index (χ3n) is 1.77. The van der Waals surface area contributed by atoms with E-state index in [-0.39, 0.29) is 0 Å². The van der Waals surface area contributed by atoms with Crippen LogP contribution in [0.15, 0.2) is 22.7 Å². The Hall–Kier alpha value is -0.450. The highest BCUT2D eigenvalue weighted by Gasteiger charge is 2.04. The largest absolute Gasteiger partial charge is 0.330 e. The molecule has 0 atom stereocenters. The number of nitrogens with two attached hydrogens (primary N) is 1. The zero-order chi connectivity index (χ0) is 9.26. The summed E-state index contributed by atoms with van der Waals surface area (Å²) in [7, 11) is 0. The molecule has 0 unspecified atom stereocenters. The van der Waals surface area contributed by atoms with Gasteiger partial charge in [-0.2, -0.15) is 0 Å². The molecule has 13 heavy (non-hydrogen) atoms. The predicted molar refractivity (Wildman–Crippen MR) is 60.1 cm³/mol. The first-order valence-corrected chi connectivity index (χ1v) is 5.66. The molecule has 1 aromatic heterocycles. The van der Waals surface area contributed by atoms with Gasteiger partial charge in [0.1, 0.15) is 0 Å². The average Bonchev–Trinajstić information content (AvgIpc) is 2.49. The third kappa shape index (κ3) is 1.75. The second-order valence-electron chi connectivity index (χ2n) is 2.73. The van der Waals surface area contributed by atoms with Crippen molar-refractivity contribution < 1.29 is 0 Å². The van der Waals surface area contributed by atoms with E-state index in [0.29, 0.717) is 6.54 Å². The summed E-state index contributed by atoms with van der Waals surface area (Å²) in [5.74, 6) is 0. The van der Waals surface area contributed by atoms with Crippen LogP contribution in [0.5, 0.6) is 0 Å². The van der Waals surface area contributed by atoms with Crippen LogP contribution in [0.25, 0.3) is 10.2 Å². The number of benzene rings is 1. The number of hydrogen-bond acceptors (Lipinski definition) is 3. The monoisotopic (exact) mass is 256 g/mol. The fraction of sp³-hybridized carbons (Fsp3) is 0.222. The summed E-state index contributed by atoms with van der Waals surface area (Å²) in [4.78, 5) is 4.47. The molecule has 2 aromatic rings. The van der Waals surface area contributed by atoms with Crippen LogP contribution in [0.2, 0.25) is 0 Å². The Labute approximate surface area is 88.9 Å². The van der Waals surface area contributed by atoms with Gasteiger partial charge in [-0.25, -0.2) is 4.98 Å². The predicted octanol–water partition coefficient (Wildman–Crippen LogP) is 2.56. The van der Waals surface area contributed by atoms with Crippen LogP contribution in [0.3, 0.4) is 0 Å². The van der Waals surface area contributed by atoms with Gasteiger partial charge in [0.15, 0.2) is 0 Å². The number of hydrogen-bond donors (Lipinski definition) is 1. The molecule has 0 radical (unpaired) electrons. The fourth-order valence-corrected chi connectivity index (χ4v) is 2.77. The van der Waals surface area contributed by atoms with Crippen molar-refractivity contribution in [3.8, 4) is 0 Å². The molecule has 0 aliphatic heterocycles. The van der Waals surface area contributed by atoms with Crippen molar-refractivity contribution in [2.45, 2.75) is 6.42 Å². The maximum atomic E-state index is 5.48. The van der Waals surface area contributed by atoms with E-state index in [4.69, 9.17) is 5.73 Å². The van der Waals surface area contributed by atoms with Gasteiger partial charge >= 0.3 is 0 Å². The molecule has 0 saturated carbocycles. The number of fused-ring (bicyclic) bond motifs is 1. The first-order valence-electron chi connectivity index (χ1n) is 4.05. The lowest BCUT2D eigenvalue weighted by atomic mass is 10.3. The second kappa shape index (κ2) is 3.74. The van der Waals surface area contributed by atoms with E-state index in [1.54, 1.807) is 11.3 Å². The van der Waals surface area contributed by atoms with Crippen molar-refractivity contribution in [1.29, 1.82) is 0 Å². The van der Waals surface area contributed by atoms with Crippen LogP contribution in [0.1, 0.15) is 5.01 Å². The Morgan fingerprint density at radius 3 is 3.00 bits per heavy atom. The molecule has 68 valence electrons. The number of nitrogens with zero attached hydrogens (tertiary/aromatic N) is 1. The molecule has 1 heterocycles. The van der Waals surface area contributed by atoms with Crippen molar-refractivity contribution in [3.05, 3.63) is 27.7 Å². The zero-order valence-electron chi connectivity index (χ0n) is 6.96. The van der Waals surface area contributed by atoms with E-state index in [0.717, 1.165) is 21.4 Å². The van der Waals surface area contributed by atoms with Crippen LogP contribution < -0.4 is 5.73 Å². The Morgan fingerprint density at radius 1 is 1.46 bits per heavy atom. The second-order valence-corrected chi connectivity index (χ2v) is 4.67. The topological polar surface area (TPSA) is 38.9 Å². The van der Waals surface area contributed by atoms with Crippen LogP contribution in [0.4, 0.5) is 0 Å². The third-order valence-corrected chi connectivity index (χ3v) is 3.86. The molecule has 0 amide bonds. The maximum Gasteiger partial charge on any atom is 0.0951 e. The van der Waals surface area contributed by atoms with E-state index >= 15 is 0 Å². The van der Waals surface area contributed by atoms with E-state index in [9.17, 15) is 0 Å². The normalized spacial score (nSPS) is 10.9. The van der Waals surface area contributed by atoms with Crippen molar-refractivity contribution in [2.75, 3.05) is 6.54 Å². The highest BCUT2D eigenvalue weighted by molar-refractivity contribution is 9.10. The molecule has 1 aromatic carbocycles. The summed E-state index contributed by atoms with van der Waals surface area (Å²) >= 11 is 5.21. The lowest BCUT2D eigenvalue weighted by molar-refractivity contribution is 0.958. The lowest BCUT2D eigenvalue weighted by Gasteiger charge is -1.88. The van der Waals surface area contributed by atoms with Crippen molar-refractivity contribution in [3.63, 3.8) is 0 Å². The summed E-state index contributed by atoms with van der Waals surface area (Å²) in [6.07, 6.45) is 0.867. The number of thiazole rings is 1. The summed E-state index contributed by atoms with van der Waals surface area (Å²) in [6, 6.07) is 6.06. The molecule has 0 spiro atoms. The highest BCUT2D eigenvalue weighted by Crippen LogP contribution is 2.29. The van der Waals surface area contributed by atoms with Gasteiger partial charge < -0.3 is 5.73 Å². The van der Waals surface area contributed by atoms with Gasteiger partial charge in [-0.1, -0.05) is 6.07 Å². The minimum atomic E-state index is 0.664. The van der Waals surface area contributed by atoms with E-state index in [1.165, 1.54) is 4.70 Å². The van der Waals surface area contributed by atoms with Gasteiger partial charge in [0.25, 0.3) is 0 Å². The van der Waals surface area contributed by atoms with Gasteiger partial charge in [-0.15, -0.1) is 11.3 Å². The summed E-state index contributed by atoms with van der Waals surface area (Å²) < 4.78 is 2.33. The molecule has 0 bridgehead atoms. The standard InChI is InChI=1S/C9H9BrN2S/c10-6-2-1-3-7-9(6)13-8(12-7)4-5-11/h1-3H,4-5,11H2. The maximum absolute atomic E-state index is 5.48. The van der Waals surface area contributed by atoms with Crippen LogP contribution >= 0.6 is 27.3 Å². The van der Waals surface area contributed by atoms with Gasteiger partial charge in [0.2, 0.25) is 0 Å². The number of halogens is 1. The number of aromatic nitrogens is 1. The molecule has 4 heteroatoms. The van der Waals surface area contributed by atoms with Crippen LogP contribution in [-0.4, -0.2) is 11.5 Å². The molecule has 0 aliphatic rings. The van der Waals surface area contributed by atoms with E-state index in [2.05, 4.69) is 20.9 Å². The first kappa shape index (κ1) is 9.12. The molecule has 0 aliphatic carbocycles. The quantitative estimate of drug-likeness (QED) is 0.897. The molecule has 0 fully saturated rings. The lowest BCUT2D eigenvalue weighted by Crippen LogP contribution is -2.01. The van der Waals surface area contributed by atoms with E-state index in [1.807, 2.05) is 18.2 Å². The SMILES string of the molecule is NCCc1nc2cccc(Br)c2s1. The Balaban J connectivity index is 2.55. The first-order chi connectivity index (χ1) is 6.31. The number of rotatable bonds is 2. The molecular formula is C9H9BrN2S. The molecule has 2 N–H and O–H groups in total. The smallest absolute Gasteiger partial charge is 0.0951 e. The van der Waals surface area contributed by atoms with Crippen molar-refractivity contribution >= 4 is 37.5 Å². The molecule has 0 saturated heterocycles. The Morgan fingerprint density at radius 2 is 2.31 bits per heavy atom. The van der Waals surface area contributed by atoms with Crippen LogP contribution in [-0.2, 0) is 6.42 Å². The summed E-state index contributed by atoms with van der Waals surface area (Å²) in [5, 5.41) is 1.12. The van der Waals surface area contributed by atoms with Gasteiger partial charge in [-0.3, -0.25) is 0 Å². The fourth-order valence-electron chi connectivity index (χ4n) is 1.19. The van der Waals surface area contributed by atoms with Gasteiger partial charge in [0, 0.05) is 10.9 Å². The van der Waals surface area contributed by atoms with Gasteiger partial charge in [0.05, 0.1) is 15.2 Å². The average molecular weight is 257 g/mol. The summed E-state index contributed by atoms with van der Waals surface area (Å²) in [6.45, 7) is 0.664. The van der Waals surface area contributed by atoms with E-state index < -0.39 is 0 Å². The Bertz CT molecular complexity index is 424. The summed E-state index contributed by atoms with van der Waals surface area (Å²) in [5.41, 5.74) is 6.53. The Kier molecular flexibility index (Phi) is 2.62. The molecule has 2 nitrogen and oxygen atoms in total. The zero-order valence-corrected chi connectivity index (χ0v) is 9.36. The van der Waals surface area contributed by atoms with Gasteiger partial charge in [-0.05, 0) is 34.6 Å². The minimum Gasteiger partial charge on any atom is -0.330 e. The molecule has 2 rings (SSSR count).